The van der Waals surface area contributed by atoms with Crippen LogP contribution in [-0.4, -0.2) is 35.0 Å². The van der Waals surface area contributed by atoms with E-state index in [0.717, 1.165) is 39.3 Å². The van der Waals surface area contributed by atoms with Crippen LogP contribution in [0.3, 0.4) is 0 Å². The number of benzene rings is 1. The molecule has 0 aliphatic carbocycles. The molecule has 1 unspecified atom stereocenters. The molecule has 3 heterocycles. The van der Waals surface area contributed by atoms with Gasteiger partial charge >= 0.3 is 0 Å². The molecule has 3 N–H and O–H groups in total. The summed E-state index contributed by atoms with van der Waals surface area (Å²) >= 11 is 5.01. The van der Waals surface area contributed by atoms with Crippen LogP contribution >= 0.6 is 27.3 Å². The van der Waals surface area contributed by atoms with Crippen molar-refractivity contribution in [1.29, 1.82) is 0 Å². The fourth-order valence-corrected chi connectivity index (χ4v) is 4.17. The fourth-order valence-electron chi connectivity index (χ4n) is 2.75. The van der Waals surface area contributed by atoms with Gasteiger partial charge in [0.05, 0.1) is 10.2 Å². The molecule has 0 saturated carbocycles. The molecule has 0 spiro atoms. The Balaban J connectivity index is 1.51. The Labute approximate surface area is 157 Å². The maximum absolute atomic E-state index is 12.4. The van der Waals surface area contributed by atoms with Crippen LogP contribution in [0.1, 0.15) is 16.8 Å². The normalized spacial score (nSPS) is 16.9. The van der Waals surface area contributed by atoms with E-state index in [-0.39, 0.29) is 11.9 Å². The minimum Gasteiger partial charge on any atom is -0.348 e. The van der Waals surface area contributed by atoms with Gasteiger partial charge in [0.1, 0.15) is 5.82 Å². The molecule has 2 aromatic heterocycles. The Kier molecular flexibility index (Phi) is 4.65. The number of rotatable bonds is 4. The van der Waals surface area contributed by atoms with Gasteiger partial charge in [-0.1, -0.05) is 27.3 Å². The number of amides is 1. The summed E-state index contributed by atoms with van der Waals surface area (Å²) in [6, 6.07) is 9.63. The van der Waals surface area contributed by atoms with Crippen LogP contribution in [0.5, 0.6) is 0 Å². The number of nitrogens with one attached hydrogen (secondary N) is 3. The Morgan fingerprint density at radius 3 is 3.08 bits per heavy atom. The molecular formula is C17H16BrN5OS. The predicted octanol–water partition coefficient (Wildman–Crippen LogP) is 3.29. The lowest BCUT2D eigenvalue weighted by Crippen LogP contribution is -2.36. The summed E-state index contributed by atoms with van der Waals surface area (Å²) in [6.45, 7) is 1.77. The Morgan fingerprint density at radius 2 is 2.24 bits per heavy atom. The zero-order chi connectivity index (χ0) is 17.2. The first kappa shape index (κ1) is 16.4. The smallest absolute Gasteiger partial charge is 0.251 e. The van der Waals surface area contributed by atoms with Gasteiger partial charge in [-0.15, -0.1) is 0 Å². The molecule has 1 aliphatic rings. The van der Waals surface area contributed by atoms with Gasteiger partial charge in [0.25, 0.3) is 5.91 Å². The molecule has 1 saturated heterocycles. The number of thiazole rings is 1. The summed E-state index contributed by atoms with van der Waals surface area (Å²) in [7, 11) is 0. The first-order valence-electron chi connectivity index (χ1n) is 7.98. The van der Waals surface area contributed by atoms with Crippen LogP contribution in [0.4, 0.5) is 10.9 Å². The highest BCUT2D eigenvalue weighted by molar-refractivity contribution is 9.10. The highest BCUT2D eigenvalue weighted by Gasteiger charge is 2.18. The summed E-state index contributed by atoms with van der Waals surface area (Å²) in [5.74, 6) is 0.530. The van der Waals surface area contributed by atoms with Crippen LogP contribution in [0, 0.1) is 0 Å². The number of hydrogen-bond donors (Lipinski definition) is 3. The van der Waals surface area contributed by atoms with Crippen molar-refractivity contribution in [3.8, 4) is 0 Å². The number of aromatic nitrogens is 2. The number of hydrogen-bond acceptors (Lipinski definition) is 6. The van der Waals surface area contributed by atoms with E-state index < -0.39 is 0 Å². The van der Waals surface area contributed by atoms with Crippen molar-refractivity contribution in [2.45, 2.75) is 12.5 Å². The van der Waals surface area contributed by atoms with Crippen molar-refractivity contribution < 1.29 is 4.79 Å². The zero-order valence-corrected chi connectivity index (χ0v) is 15.7. The third-order valence-corrected chi connectivity index (χ3v) is 5.43. The number of carbonyl (C=O) groups excluding carboxylic acids is 1. The van der Waals surface area contributed by atoms with Crippen LogP contribution < -0.4 is 16.0 Å². The van der Waals surface area contributed by atoms with Gasteiger partial charge in [0.2, 0.25) is 0 Å². The van der Waals surface area contributed by atoms with Gasteiger partial charge < -0.3 is 16.0 Å². The lowest BCUT2D eigenvalue weighted by atomic mass is 10.2. The van der Waals surface area contributed by atoms with E-state index in [9.17, 15) is 4.79 Å². The topological polar surface area (TPSA) is 78.9 Å². The van der Waals surface area contributed by atoms with Crippen molar-refractivity contribution in [2.24, 2.45) is 0 Å². The molecule has 1 atom stereocenters. The van der Waals surface area contributed by atoms with Gasteiger partial charge in [0, 0.05) is 28.8 Å². The Bertz CT molecular complexity index is 922. The third-order valence-electron chi connectivity index (χ3n) is 4.00. The molecule has 8 heteroatoms. The molecule has 1 fully saturated rings. The maximum Gasteiger partial charge on any atom is 0.251 e. The zero-order valence-electron chi connectivity index (χ0n) is 13.3. The highest BCUT2D eigenvalue weighted by atomic mass is 79.9. The predicted molar refractivity (Wildman–Crippen MR) is 104 cm³/mol. The lowest BCUT2D eigenvalue weighted by Gasteiger charge is -2.11. The molecule has 128 valence electrons. The summed E-state index contributed by atoms with van der Waals surface area (Å²) in [5, 5.41) is 10.2. The van der Waals surface area contributed by atoms with Crippen molar-refractivity contribution in [2.75, 3.05) is 18.4 Å². The van der Waals surface area contributed by atoms with E-state index in [2.05, 4.69) is 41.8 Å². The number of halogens is 1. The monoisotopic (exact) mass is 417 g/mol. The van der Waals surface area contributed by atoms with Crippen molar-refractivity contribution in [3.05, 3.63) is 46.6 Å². The van der Waals surface area contributed by atoms with Gasteiger partial charge in [-0.25, -0.2) is 9.97 Å². The van der Waals surface area contributed by atoms with E-state index in [0.29, 0.717) is 11.4 Å². The first-order valence-corrected chi connectivity index (χ1v) is 9.59. The average molecular weight is 418 g/mol. The Hall–Kier alpha value is -2.03. The molecule has 25 heavy (non-hydrogen) atoms. The lowest BCUT2D eigenvalue weighted by molar-refractivity contribution is 0.0940. The molecule has 3 aromatic rings. The molecule has 0 bridgehead atoms. The van der Waals surface area contributed by atoms with Gasteiger partial charge in [0.15, 0.2) is 5.13 Å². The highest BCUT2D eigenvalue weighted by Crippen LogP contribution is 2.30. The molecule has 4 rings (SSSR count). The van der Waals surface area contributed by atoms with E-state index in [4.69, 9.17) is 0 Å². The minimum atomic E-state index is -0.0765. The number of carbonyl (C=O) groups is 1. The van der Waals surface area contributed by atoms with Crippen molar-refractivity contribution in [3.63, 3.8) is 0 Å². The fraction of sp³-hybridized carbons (Fsp3) is 0.235. The standard InChI is InChI=1S/C17H16BrN5OS/c18-11-1-2-13-14(8-11)25-17(22-13)23-15-7-10(3-6-20-15)16(24)21-12-4-5-19-9-12/h1-3,6-8,12,19H,4-5,9H2,(H,21,24)(H,20,22,23). The van der Waals surface area contributed by atoms with Crippen LogP contribution in [0.15, 0.2) is 41.0 Å². The summed E-state index contributed by atoms with van der Waals surface area (Å²) in [5.41, 5.74) is 1.52. The SMILES string of the molecule is O=C(NC1CCNC1)c1ccnc(Nc2nc3ccc(Br)cc3s2)c1. The molecule has 0 radical (unpaired) electrons. The van der Waals surface area contributed by atoms with Crippen molar-refractivity contribution >= 4 is 54.3 Å². The van der Waals surface area contributed by atoms with Crippen LogP contribution in [-0.2, 0) is 0 Å². The van der Waals surface area contributed by atoms with Crippen LogP contribution in [0.2, 0.25) is 0 Å². The average Bonchev–Trinajstić information content (AvgIpc) is 3.24. The number of anilines is 2. The third kappa shape index (κ3) is 3.81. The van der Waals surface area contributed by atoms with Crippen LogP contribution in [0.25, 0.3) is 10.2 Å². The number of nitrogens with zero attached hydrogens (tertiary/aromatic N) is 2. The van der Waals surface area contributed by atoms with Gasteiger partial charge in [-0.3, -0.25) is 4.79 Å². The Morgan fingerprint density at radius 1 is 1.32 bits per heavy atom. The van der Waals surface area contributed by atoms with E-state index in [1.54, 1.807) is 29.7 Å². The largest absolute Gasteiger partial charge is 0.348 e. The van der Waals surface area contributed by atoms with Crippen molar-refractivity contribution in [1.82, 2.24) is 20.6 Å². The number of pyridine rings is 1. The molecular weight excluding hydrogens is 402 g/mol. The summed E-state index contributed by atoms with van der Waals surface area (Å²) < 4.78 is 2.10. The summed E-state index contributed by atoms with van der Waals surface area (Å²) in [6.07, 6.45) is 2.59. The number of fused-ring (bicyclic) bond motifs is 1. The van der Waals surface area contributed by atoms with E-state index in [1.165, 1.54) is 0 Å². The molecule has 6 nitrogen and oxygen atoms in total. The van der Waals surface area contributed by atoms with Gasteiger partial charge in [-0.05, 0) is 43.3 Å². The molecule has 1 aliphatic heterocycles. The van der Waals surface area contributed by atoms with E-state index >= 15 is 0 Å². The minimum absolute atomic E-state index is 0.0765. The maximum atomic E-state index is 12.4. The summed E-state index contributed by atoms with van der Waals surface area (Å²) in [4.78, 5) is 21.2. The quantitative estimate of drug-likeness (QED) is 0.606. The molecule has 1 amide bonds. The van der Waals surface area contributed by atoms with Gasteiger partial charge in [-0.2, -0.15) is 0 Å². The van der Waals surface area contributed by atoms with E-state index in [1.807, 2.05) is 18.2 Å². The second-order valence-corrected chi connectivity index (χ2v) is 7.80. The first-order chi connectivity index (χ1) is 12.2. The second-order valence-electron chi connectivity index (χ2n) is 5.85. The second kappa shape index (κ2) is 7.07. The molecule has 1 aromatic carbocycles.